The van der Waals surface area contributed by atoms with Crippen LogP contribution < -0.4 is 0 Å². The topological polar surface area (TPSA) is 83.8 Å². The van der Waals surface area contributed by atoms with Gasteiger partial charge in [0.2, 0.25) is 0 Å². The van der Waals surface area contributed by atoms with Crippen LogP contribution in [0.25, 0.3) is 0 Å². The standard InChI is InChI=1S/C24H34O5S2/c1-3-8-18(17-9-5-4-6-10-17)20(25)12-11-19-21(26)15-22(27)24(19)31-14-7-13-30-16-23(28)29-2/h4-6,9-12,18-21,24-26H,3,7-8,13-16H2,1-2H3/b12-11+/t18?,19?,20-,21+,24?/m0/s1. The van der Waals surface area contributed by atoms with Crippen molar-refractivity contribution < 1.29 is 24.5 Å². The second-order valence-electron chi connectivity index (χ2n) is 7.77. The first-order chi connectivity index (χ1) is 15.0. The molecule has 1 saturated carbocycles. The summed E-state index contributed by atoms with van der Waals surface area (Å²) in [7, 11) is 1.38. The summed E-state index contributed by atoms with van der Waals surface area (Å²) >= 11 is 3.08. The average Bonchev–Trinajstić information content (AvgIpc) is 3.05. The highest BCUT2D eigenvalue weighted by Gasteiger charge is 2.40. The number of ether oxygens (including phenoxy) is 1. The van der Waals surface area contributed by atoms with Crippen molar-refractivity contribution in [1.29, 1.82) is 0 Å². The molecule has 0 bridgehead atoms. The Bertz CT molecular complexity index is 709. The molecule has 0 spiro atoms. The number of thioether (sulfide) groups is 2. The molecule has 0 radical (unpaired) electrons. The minimum atomic E-state index is -0.705. The quantitative estimate of drug-likeness (QED) is 0.260. The fraction of sp³-hybridized carbons (Fsp3) is 0.583. The summed E-state index contributed by atoms with van der Waals surface area (Å²) in [6.07, 6.45) is 5.10. The van der Waals surface area contributed by atoms with E-state index in [0.29, 0.717) is 5.75 Å². The fourth-order valence-corrected chi connectivity index (χ4v) is 6.12. The number of hydrogen-bond acceptors (Lipinski definition) is 7. The second-order valence-corrected chi connectivity index (χ2v) is 10.1. The van der Waals surface area contributed by atoms with Crippen LogP contribution in [0.3, 0.4) is 0 Å². The van der Waals surface area contributed by atoms with Gasteiger partial charge in [0.05, 0.1) is 30.3 Å². The van der Waals surface area contributed by atoms with Gasteiger partial charge in [0.1, 0.15) is 5.78 Å². The molecule has 5 nitrogen and oxygen atoms in total. The van der Waals surface area contributed by atoms with Gasteiger partial charge < -0.3 is 14.9 Å². The maximum atomic E-state index is 12.4. The molecule has 0 aromatic heterocycles. The number of rotatable bonds is 13. The van der Waals surface area contributed by atoms with Crippen LogP contribution in [0.4, 0.5) is 0 Å². The van der Waals surface area contributed by atoms with E-state index in [0.717, 1.165) is 36.3 Å². The van der Waals surface area contributed by atoms with Gasteiger partial charge in [-0.15, -0.1) is 11.8 Å². The summed E-state index contributed by atoms with van der Waals surface area (Å²) in [5, 5.41) is 21.0. The van der Waals surface area contributed by atoms with Crippen LogP contribution in [0.2, 0.25) is 0 Å². The molecule has 2 rings (SSSR count). The number of methoxy groups -OCH3 is 1. The molecule has 0 heterocycles. The van der Waals surface area contributed by atoms with Gasteiger partial charge >= 0.3 is 5.97 Å². The third-order valence-corrected chi connectivity index (χ3v) is 7.95. The fourth-order valence-electron chi connectivity index (χ4n) is 3.82. The molecule has 2 N–H and O–H groups in total. The van der Waals surface area contributed by atoms with E-state index in [9.17, 15) is 19.8 Å². The lowest BCUT2D eigenvalue weighted by atomic mass is 9.88. The largest absolute Gasteiger partial charge is 0.468 e. The Morgan fingerprint density at radius 2 is 2.03 bits per heavy atom. The number of aliphatic hydroxyl groups is 2. The van der Waals surface area contributed by atoms with Gasteiger partial charge in [0.15, 0.2) is 0 Å². The molecule has 0 aliphatic heterocycles. The average molecular weight is 467 g/mol. The Balaban J connectivity index is 1.91. The minimum absolute atomic E-state index is 0.00497. The van der Waals surface area contributed by atoms with Crippen LogP contribution in [-0.4, -0.2) is 63.8 Å². The number of carbonyl (C=O) groups is 2. The summed E-state index contributed by atoms with van der Waals surface area (Å²) < 4.78 is 4.62. The minimum Gasteiger partial charge on any atom is -0.468 e. The highest BCUT2D eigenvalue weighted by molar-refractivity contribution is 8.01. The molecule has 172 valence electrons. The molecular weight excluding hydrogens is 432 g/mol. The van der Waals surface area contributed by atoms with E-state index in [1.54, 1.807) is 17.8 Å². The Hall–Kier alpha value is -1.28. The normalized spacial score (nSPS) is 23.2. The molecule has 1 aromatic carbocycles. The maximum absolute atomic E-state index is 12.4. The summed E-state index contributed by atoms with van der Waals surface area (Å²) in [6, 6.07) is 9.98. The Morgan fingerprint density at radius 1 is 1.29 bits per heavy atom. The van der Waals surface area contributed by atoms with Crippen LogP contribution in [0, 0.1) is 5.92 Å². The van der Waals surface area contributed by atoms with Crippen molar-refractivity contribution in [2.24, 2.45) is 5.92 Å². The van der Waals surface area contributed by atoms with Crippen molar-refractivity contribution in [3.05, 3.63) is 48.0 Å². The van der Waals surface area contributed by atoms with Crippen molar-refractivity contribution in [3.63, 3.8) is 0 Å². The predicted octanol–water partition coefficient (Wildman–Crippen LogP) is 3.84. The van der Waals surface area contributed by atoms with Gasteiger partial charge in [-0.3, -0.25) is 9.59 Å². The van der Waals surface area contributed by atoms with Crippen molar-refractivity contribution in [2.75, 3.05) is 24.4 Å². The van der Waals surface area contributed by atoms with E-state index in [1.165, 1.54) is 18.9 Å². The number of carbonyl (C=O) groups excluding carboxylic acids is 2. The summed E-state index contributed by atoms with van der Waals surface area (Å²) in [4.78, 5) is 23.5. The molecule has 0 saturated heterocycles. The number of Topliss-reactive ketones (excluding diaryl/α,β-unsaturated/α-hetero) is 1. The van der Waals surface area contributed by atoms with E-state index in [1.807, 2.05) is 36.4 Å². The highest BCUT2D eigenvalue weighted by Crippen LogP contribution is 2.35. The Kier molecular flexibility index (Phi) is 11.7. The van der Waals surface area contributed by atoms with Gasteiger partial charge in [-0.25, -0.2) is 0 Å². The zero-order valence-electron chi connectivity index (χ0n) is 18.3. The van der Waals surface area contributed by atoms with Gasteiger partial charge in [-0.1, -0.05) is 55.8 Å². The molecule has 31 heavy (non-hydrogen) atoms. The van der Waals surface area contributed by atoms with Crippen molar-refractivity contribution in [2.45, 2.75) is 56.0 Å². The maximum Gasteiger partial charge on any atom is 0.315 e. The number of benzene rings is 1. The predicted molar refractivity (Wildman–Crippen MR) is 129 cm³/mol. The molecular formula is C24H34O5S2. The molecule has 3 unspecified atom stereocenters. The molecule has 1 aromatic rings. The van der Waals surface area contributed by atoms with E-state index in [2.05, 4.69) is 11.7 Å². The van der Waals surface area contributed by atoms with E-state index in [-0.39, 0.29) is 35.3 Å². The van der Waals surface area contributed by atoms with Crippen molar-refractivity contribution >= 4 is 35.3 Å². The van der Waals surface area contributed by atoms with Crippen LogP contribution in [0.5, 0.6) is 0 Å². The van der Waals surface area contributed by atoms with Gasteiger partial charge in [-0.05, 0) is 29.9 Å². The number of hydrogen-bond donors (Lipinski definition) is 2. The first kappa shape index (κ1) is 26.0. The zero-order chi connectivity index (χ0) is 22.6. The second kappa shape index (κ2) is 14.0. The smallest absolute Gasteiger partial charge is 0.315 e. The number of aliphatic hydroxyl groups excluding tert-OH is 2. The van der Waals surface area contributed by atoms with Crippen LogP contribution in [-0.2, 0) is 14.3 Å². The third kappa shape index (κ3) is 8.29. The number of esters is 1. The molecule has 1 aliphatic rings. The first-order valence-corrected chi connectivity index (χ1v) is 13.1. The zero-order valence-corrected chi connectivity index (χ0v) is 19.9. The van der Waals surface area contributed by atoms with Crippen LogP contribution >= 0.6 is 23.5 Å². The third-order valence-electron chi connectivity index (χ3n) is 5.47. The van der Waals surface area contributed by atoms with E-state index < -0.39 is 12.2 Å². The lowest BCUT2D eigenvalue weighted by Gasteiger charge is -2.22. The lowest BCUT2D eigenvalue weighted by molar-refractivity contribution is -0.137. The van der Waals surface area contributed by atoms with Gasteiger partial charge in [0, 0.05) is 18.3 Å². The lowest BCUT2D eigenvalue weighted by Crippen LogP contribution is -2.23. The van der Waals surface area contributed by atoms with Crippen molar-refractivity contribution in [1.82, 2.24) is 0 Å². The Morgan fingerprint density at radius 3 is 2.71 bits per heavy atom. The number of ketones is 1. The van der Waals surface area contributed by atoms with E-state index >= 15 is 0 Å². The van der Waals surface area contributed by atoms with E-state index in [4.69, 9.17) is 0 Å². The highest BCUT2D eigenvalue weighted by atomic mass is 32.2. The molecule has 1 aliphatic carbocycles. The molecule has 0 amide bonds. The molecule has 7 heteroatoms. The molecule has 5 atom stereocenters. The SMILES string of the molecule is CCCC(c1ccccc1)[C@@H](O)/C=C/C1C(SCCCSCC(=O)OC)C(=O)C[C@H]1O. The van der Waals surface area contributed by atoms with Crippen molar-refractivity contribution in [3.8, 4) is 0 Å². The summed E-state index contributed by atoms with van der Waals surface area (Å²) in [6.45, 7) is 2.10. The summed E-state index contributed by atoms with van der Waals surface area (Å²) in [5.74, 6) is 1.49. The van der Waals surface area contributed by atoms with Crippen LogP contribution in [0.15, 0.2) is 42.5 Å². The molecule has 1 fully saturated rings. The Labute approximate surface area is 194 Å². The summed E-state index contributed by atoms with van der Waals surface area (Å²) in [5.41, 5.74) is 1.10. The monoisotopic (exact) mass is 466 g/mol. The van der Waals surface area contributed by atoms with Gasteiger partial charge in [0.25, 0.3) is 0 Å². The first-order valence-electron chi connectivity index (χ1n) is 10.9. The van der Waals surface area contributed by atoms with Gasteiger partial charge in [-0.2, -0.15) is 11.8 Å². The van der Waals surface area contributed by atoms with Crippen LogP contribution in [0.1, 0.15) is 44.1 Å².